The van der Waals surface area contributed by atoms with Crippen LogP contribution in [0.5, 0.6) is 0 Å². The van der Waals surface area contributed by atoms with Crippen molar-refractivity contribution in [1.29, 1.82) is 0 Å². The molecule has 1 saturated heterocycles. The van der Waals surface area contributed by atoms with E-state index in [-0.39, 0.29) is 5.91 Å². The third-order valence-electron chi connectivity index (χ3n) is 3.48. The molecule has 0 aromatic heterocycles. The first-order chi connectivity index (χ1) is 8.11. The van der Waals surface area contributed by atoms with Gasteiger partial charge in [0.05, 0.1) is 0 Å². The molecule has 0 bridgehead atoms. The largest absolute Gasteiger partial charge is 0.312 e. The third-order valence-corrected chi connectivity index (χ3v) is 3.48. The molecule has 1 heterocycles. The van der Waals surface area contributed by atoms with Gasteiger partial charge in [0.1, 0.15) is 0 Å². The molecule has 0 aliphatic carbocycles. The second-order valence-electron chi connectivity index (χ2n) is 5.17. The summed E-state index contributed by atoms with van der Waals surface area (Å²) >= 11 is 0. The van der Waals surface area contributed by atoms with Crippen LogP contribution in [-0.2, 0) is 4.79 Å². The highest BCUT2D eigenvalue weighted by atomic mass is 16.2. The van der Waals surface area contributed by atoms with Crippen LogP contribution in [-0.4, -0.2) is 12.5 Å². The molecule has 0 radical (unpaired) electrons. The molecule has 1 aromatic carbocycles. The molecule has 0 saturated carbocycles. The lowest BCUT2D eigenvalue weighted by Crippen LogP contribution is -2.36. The highest BCUT2D eigenvalue weighted by Gasteiger charge is 2.23. The highest BCUT2D eigenvalue weighted by Crippen LogP contribution is 2.32. The summed E-state index contributed by atoms with van der Waals surface area (Å²) in [7, 11) is 0. The van der Waals surface area contributed by atoms with E-state index in [2.05, 4.69) is 39.0 Å². The summed E-state index contributed by atoms with van der Waals surface area (Å²) in [5.74, 6) is 0.743. The summed E-state index contributed by atoms with van der Waals surface area (Å²) in [4.78, 5) is 14.0. The Labute approximate surface area is 104 Å². The van der Waals surface area contributed by atoms with Gasteiger partial charge in [-0.25, -0.2) is 0 Å². The maximum atomic E-state index is 12.0. The summed E-state index contributed by atoms with van der Waals surface area (Å²) in [6.07, 6.45) is 2.86. The molecule has 1 fully saturated rings. The summed E-state index contributed by atoms with van der Waals surface area (Å²) < 4.78 is 0. The van der Waals surface area contributed by atoms with Crippen molar-refractivity contribution >= 4 is 11.6 Å². The summed E-state index contributed by atoms with van der Waals surface area (Å²) in [6, 6.07) is 6.33. The second kappa shape index (κ2) is 4.91. The van der Waals surface area contributed by atoms with Crippen LogP contribution in [0.4, 0.5) is 5.69 Å². The predicted molar refractivity (Wildman–Crippen MR) is 71.5 cm³/mol. The van der Waals surface area contributed by atoms with Crippen LogP contribution in [0.15, 0.2) is 18.2 Å². The van der Waals surface area contributed by atoms with Crippen molar-refractivity contribution in [1.82, 2.24) is 0 Å². The topological polar surface area (TPSA) is 20.3 Å². The van der Waals surface area contributed by atoms with Gasteiger partial charge >= 0.3 is 0 Å². The Hall–Kier alpha value is -1.31. The predicted octanol–water partition coefficient (Wildman–Crippen LogP) is 3.64. The minimum absolute atomic E-state index is 0.285. The molecule has 2 rings (SSSR count). The number of anilines is 1. The number of hydrogen-bond acceptors (Lipinski definition) is 1. The van der Waals surface area contributed by atoms with Crippen molar-refractivity contribution in [3.05, 3.63) is 29.3 Å². The lowest BCUT2D eigenvalue weighted by Gasteiger charge is -2.31. The SMILES string of the molecule is Cc1cccc(C(C)C)c1N1CCCCC1=O. The fraction of sp³-hybridized carbons (Fsp3) is 0.533. The average molecular weight is 231 g/mol. The zero-order valence-electron chi connectivity index (χ0n) is 11.0. The van der Waals surface area contributed by atoms with Gasteiger partial charge in [-0.05, 0) is 36.8 Å². The summed E-state index contributed by atoms with van der Waals surface area (Å²) in [6.45, 7) is 7.35. The van der Waals surface area contributed by atoms with Crippen LogP contribution in [0.3, 0.4) is 0 Å². The van der Waals surface area contributed by atoms with Crippen LogP contribution in [0.1, 0.15) is 50.2 Å². The van der Waals surface area contributed by atoms with E-state index in [9.17, 15) is 4.79 Å². The number of nitrogens with zero attached hydrogens (tertiary/aromatic N) is 1. The van der Waals surface area contributed by atoms with Gasteiger partial charge in [-0.2, -0.15) is 0 Å². The number of aryl methyl sites for hydroxylation is 1. The van der Waals surface area contributed by atoms with E-state index in [1.54, 1.807) is 0 Å². The van der Waals surface area contributed by atoms with Gasteiger partial charge in [-0.15, -0.1) is 0 Å². The second-order valence-corrected chi connectivity index (χ2v) is 5.17. The molecule has 0 atom stereocenters. The first-order valence-corrected chi connectivity index (χ1v) is 6.51. The Morgan fingerprint density at radius 3 is 2.65 bits per heavy atom. The quantitative estimate of drug-likeness (QED) is 0.761. The van der Waals surface area contributed by atoms with E-state index in [1.165, 1.54) is 11.1 Å². The molecule has 17 heavy (non-hydrogen) atoms. The molecule has 2 nitrogen and oxygen atoms in total. The molecule has 1 aliphatic rings. The molecule has 2 heteroatoms. The third kappa shape index (κ3) is 2.36. The van der Waals surface area contributed by atoms with Crippen molar-refractivity contribution in [3.63, 3.8) is 0 Å². The van der Waals surface area contributed by atoms with Crippen LogP contribution < -0.4 is 4.90 Å². The van der Waals surface area contributed by atoms with Crippen molar-refractivity contribution in [2.75, 3.05) is 11.4 Å². The van der Waals surface area contributed by atoms with E-state index in [0.717, 1.165) is 25.1 Å². The maximum absolute atomic E-state index is 12.0. The van der Waals surface area contributed by atoms with Crippen LogP contribution in [0, 0.1) is 6.92 Å². The van der Waals surface area contributed by atoms with Crippen molar-refractivity contribution in [3.8, 4) is 0 Å². The van der Waals surface area contributed by atoms with Gasteiger partial charge in [-0.3, -0.25) is 4.79 Å². The van der Waals surface area contributed by atoms with E-state index < -0.39 is 0 Å². The first-order valence-electron chi connectivity index (χ1n) is 6.51. The van der Waals surface area contributed by atoms with Crippen molar-refractivity contribution in [2.45, 2.75) is 46.0 Å². The van der Waals surface area contributed by atoms with Crippen LogP contribution in [0.25, 0.3) is 0 Å². The number of rotatable bonds is 2. The fourth-order valence-corrected chi connectivity index (χ4v) is 2.56. The summed E-state index contributed by atoms with van der Waals surface area (Å²) in [5.41, 5.74) is 3.67. The number of carbonyl (C=O) groups excluding carboxylic acids is 1. The van der Waals surface area contributed by atoms with Gasteiger partial charge < -0.3 is 4.90 Å². The monoisotopic (exact) mass is 231 g/mol. The number of benzene rings is 1. The Balaban J connectivity index is 2.45. The van der Waals surface area contributed by atoms with Gasteiger partial charge in [0.25, 0.3) is 0 Å². The zero-order chi connectivity index (χ0) is 12.4. The van der Waals surface area contributed by atoms with Crippen molar-refractivity contribution < 1.29 is 4.79 Å². The molecular formula is C15H21NO. The standard InChI is InChI=1S/C15H21NO/c1-11(2)13-8-6-7-12(3)15(13)16-10-5-4-9-14(16)17/h6-8,11H,4-5,9-10H2,1-3H3. The molecular weight excluding hydrogens is 210 g/mol. The lowest BCUT2D eigenvalue weighted by molar-refractivity contribution is -0.119. The minimum Gasteiger partial charge on any atom is -0.312 e. The molecule has 1 aliphatic heterocycles. The highest BCUT2D eigenvalue weighted by molar-refractivity contribution is 5.95. The van der Waals surface area contributed by atoms with Gasteiger partial charge in [0.15, 0.2) is 0 Å². The number of amides is 1. The van der Waals surface area contributed by atoms with Gasteiger partial charge in [0, 0.05) is 18.7 Å². The smallest absolute Gasteiger partial charge is 0.226 e. The average Bonchev–Trinajstić information content (AvgIpc) is 2.30. The Morgan fingerprint density at radius 1 is 1.24 bits per heavy atom. The normalized spacial score (nSPS) is 16.7. The van der Waals surface area contributed by atoms with E-state index in [0.29, 0.717) is 12.3 Å². The first kappa shape index (κ1) is 12.2. The number of hydrogen-bond donors (Lipinski definition) is 0. The fourth-order valence-electron chi connectivity index (χ4n) is 2.56. The maximum Gasteiger partial charge on any atom is 0.226 e. The molecule has 0 N–H and O–H groups in total. The van der Waals surface area contributed by atoms with E-state index in [4.69, 9.17) is 0 Å². The number of carbonyl (C=O) groups is 1. The van der Waals surface area contributed by atoms with Gasteiger partial charge in [0.2, 0.25) is 5.91 Å². The van der Waals surface area contributed by atoms with E-state index in [1.807, 2.05) is 4.90 Å². The molecule has 0 spiro atoms. The zero-order valence-corrected chi connectivity index (χ0v) is 11.0. The molecule has 92 valence electrons. The van der Waals surface area contributed by atoms with Gasteiger partial charge in [-0.1, -0.05) is 32.0 Å². The molecule has 1 amide bonds. The minimum atomic E-state index is 0.285. The van der Waals surface area contributed by atoms with Crippen LogP contribution in [0.2, 0.25) is 0 Å². The number of piperidine rings is 1. The molecule has 1 aromatic rings. The summed E-state index contributed by atoms with van der Waals surface area (Å²) in [5, 5.41) is 0. The Morgan fingerprint density at radius 2 is 2.00 bits per heavy atom. The number of para-hydroxylation sites is 1. The van der Waals surface area contributed by atoms with E-state index >= 15 is 0 Å². The Bertz CT molecular complexity index is 423. The Kier molecular flexibility index (Phi) is 3.51. The van der Waals surface area contributed by atoms with Crippen molar-refractivity contribution in [2.24, 2.45) is 0 Å². The van der Waals surface area contributed by atoms with Crippen LogP contribution >= 0.6 is 0 Å². The lowest BCUT2D eigenvalue weighted by atomic mass is 9.96. The molecule has 0 unspecified atom stereocenters.